The molecule has 0 atom stereocenters. The molecule has 3 rings (SSSR count). The van der Waals surface area contributed by atoms with Crippen molar-refractivity contribution in [2.24, 2.45) is 11.8 Å². The first-order valence-corrected chi connectivity index (χ1v) is 10.5. The maximum atomic E-state index is 4.30. The molecule has 1 aromatic heterocycles. The van der Waals surface area contributed by atoms with Crippen LogP contribution in [0.3, 0.4) is 0 Å². The lowest BCUT2D eigenvalue weighted by molar-refractivity contribution is 0.157. The van der Waals surface area contributed by atoms with Gasteiger partial charge < -0.3 is 10.2 Å². The van der Waals surface area contributed by atoms with Gasteiger partial charge in [-0.15, -0.1) is 0 Å². The number of likely N-dealkylation sites (tertiary alicyclic amines) is 1. The highest BCUT2D eigenvalue weighted by atomic mass is 79.9. The molecule has 1 N–H and O–H groups in total. The van der Waals surface area contributed by atoms with Crippen LogP contribution in [-0.2, 0) is 6.54 Å². The smallest absolute Gasteiger partial charge is 0.142 e. The highest BCUT2D eigenvalue weighted by molar-refractivity contribution is 9.10. The number of hydrogen-bond donors (Lipinski definition) is 1. The van der Waals surface area contributed by atoms with Crippen LogP contribution in [0.5, 0.6) is 0 Å². The Morgan fingerprint density at radius 3 is 2.38 bits per heavy atom. The summed E-state index contributed by atoms with van der Waals surface area (Å²) in [7, 11) is 0. The first-order chi connectivity index (χ1) is 11.8. The Morgan fingerprint density at radius 1 is 1.00 bits per heavy atom. The Balaban J connectivity index is 1.26. The Hall–Kier alpha value is -0.520. The molecule has 1 saturated heterocycles. The van der Waals surface area contributed by atoms with Gasteiger partial charge in [-0.05, 0) is 79.5 Å². The summed E-state index contributed by atoms with van der Waals surface area (Å²) in [5.74, 6) is 2.76. The van der Waals surface area contributed by atoms with Gasteiger partial charge in [0.2, 0.25) is 0 Å². The topological polar surface area (TPSA) is 41.1 Å². The molecule has 24 heavy (non-hydrogen) atoms. The Kier molecular flexibility index (Phi) is 7.49. The van der Waals surface area contributed by atoms with E-state index in [4.69, 9.17) is 0 Å². The molecule has 1 aliphatic heterocycles. The minimum Gasteiger partial charge on any atom is -0.310 e. The van der Waals surface area contributed by atoms with Crippen LogP contribution in [0.1, 0.15) is 57.2 Å². The van der Waals surface area contributed by atoms with Gasteiger partial charge in [-0.1, -0.05) is 19.3 Å². The molecule has 2 heterocycles. The van der Waals surface area contributed by atoms with Crippen LogP contribution in [-0.4, -0.2) is 41.0 Å². The van der Waals surface area contributed by atoms with Crippen molar-refractivity contribution in [3.8, 4) is 0 Å². The monoisotopic (exact) mass is 394 g/mol. The van der Waals surface area contributed by atoms with E-state index in [1.165, 1.54) is 71.0 Å². The van der Waals surface area contributed by atoms with Crippen LogP contribution < -0.4 is 5.32 Å². The van der Waals surface area contributed by atoms with E-state index in [1.807, 2.05) is 12.4 Å². The average Bonchev–Trinajstić information content (AvgIpc) is 2.62. The molecule has 0 radical (unpaired) electrons. The zero-order chi connectivity index (χ0) is 16.6. The summed E-state index contributed by atoms with van der Waals surface area (Å²) in [6, 6.07) is 0. The summed E-state index contributed by atoms with van der Waals surface area (Å²) in [5.41, 5.74) is 0. The summed E-state index contributed by atoms with van der Waals surface area (Å²) >= 11 is 3.37. The van der Waals surface area contributed by atoms with Crippen LogP contribution in [0.4, 0.5) is 0 Å². The second kappa shape index (κ2) is 9.83. The minimum absolute atomic E-state index is 0.775. The number of nitrogens with zero attached hydrogens (tertiary/aromatic N) is 3. The molecule has 0 amide bonds. The minimum atomic E-state index is 0.775. The fraction of sp³-hybridized carbons (Fsp3) is 0.789. The second-order valence-electron chi connectivity index (χ2n) is 7.53. The molecule has 1 aliphatic carbocycles. The lowest BCUT2D eigenvalue weighted by Gasteiger charge is -2.34. The maximum absolute atomic E-state index is 4.30. The van der Waals surface area contributed by atoms with Gasteiger partial charge in [-0.3, -0.25) is 0 Å². The second-order valence-corrected chi connectivity index (χ2v) is 8.45. The third-order valence-corrected chi connectivity index (χ3v) is 6.03. The Morgan fingerprint density at radius 2 is 1.67 bits per heavy atom. The lowest BCUT2D eigenvalue weighted by Crippen LogP contribution is -2.35. The highest BCUT2D eigenvalue weighted by Crippen LogP contribution is 2.31. The number of rotatable bonds is 7. The molecule has 0 bridgehead atoms. The zero-order valence-corrected chi connectivity index (χ0v) is 16.3. The van der Waals surface area contributed by atoms with E-state index in [2.05, 4.69) is 36.1 Å². The van der Waals surface area contributed by atoms with Crippen molar-refractivity contribution in [3.05, 3.63) is 22.7 Å². The van der Waals surface area contributed by atoms with Crippen LogP contribution in [0.15, 0.2) is 16.9 Å². The van der Waals surface area contributed by atoms with Crippen molar-refractivity contribution in [1.82, 2.24) is 20.2 Å². The first kappa shape index (κ1) is 18.3. The third kappa shape index (κ3) is 6.08. The number of aromatic nitrogens is 2. The van der Waals surface area contributed by atoms with Gasteiger partial charge in [0.05, 0.1) is 11.0 Å². The van der Waals surface area contributed by atoms with Crippen molar-refractivity contribution in [2.75, 3.05) is 26.2 Å². The van der Waals surface area contributed by atoms with E-state index in [9.17, 15) is 0 Å². The van der Waals surface area contributed by atoms with E-state index < -0.39 is 0 Å². The van der Waals surface area contributed by atoms with Crippen molar-refractivity contribution in [2.45, 2.75) is 57.9 Å². The molecular formula is C19H31BrN4. The van der Waals surface area contributed by atoms with Gasteiger partial charge in [0.25, 0.3) is 0 Å². The molecule has 0 aromatic carbocycles. The van der Waals surface area contributed by atoms with Gasteiger partial charge in [0.1, 0.15) is 5.82 Å². The molecule has 1 saturated carbocycles. The summed E-state index contributed by atoms with van der Waals surface area (Å²) < 4.78 is 0.938. The van der Waals surface area contributed by atoms with E-state index >= 15 is 0 Å². The number of nitrogens with one attached hydrogen (secondary N) is 1. The average molecular weight is 395 g/mol. The molecular weight excluding hydrogens is 364 g/mol. The summed E-state index contributed by atoms with van der Waals surface area (Å²) in [6.45, 7) is 5.92. The number of halogens is 1. The molecule has 5 heteroatoms. The standard InChI is InChI=1S/C19H31BrN4/c20-18-12-22-19(23-13-18)14-21-9-8-16-4-6-17(7-5-16)15-24-10-2-1-3-11-24/h12-13,16-17,21H,1-11,14-15H2. The van der Waals surface area contributed by atoms with Crippen molar-refractivity contribution in [3.63, 3.8) is 0 Å². The maximum Gasteiger partial charge on any atom is 0.142 e. The SMILES string of the molecule is Brc1cnc(CNCCC2CCC(CN3CCCCC3)CC2)nc1. The van der Waals surface area contributed by atoms with Gasteiger partial charge in [-0.25, -0.2) is 9.97 Å². The molecule has 2 aliphatic rings. The molecule has 1 aromatic rings. The van der Waals surface area contributed by atoms with Crippen molar-refractivity contribution in [1.29, 1.82) is 0 Å². The molecule has 2 fully saturated rings. The van der Waals surface area contributed by atoms with Gasteiger partial charge in [0.15, 0.2) is 0 Å². The molecule has 134 valence electrons. The molecule has 0 spiro atoms. The Labute approximate surface area is 155 Å². The quantitative estimate of drug-likeness (QED) is 0.709. The molecule has 4 nitrogen and oxygen atoms in total. The number of piperidine rings is 1. The van der Waals surface area contributed by atoms with Gasteiger partial charge >= 0.3 is 0 Å². The predicted octanol–water partition coefficient (Wildman–Crippen LogP) is 4.01. The number of hydrogen-bond acceptors (Lipinski definition) is 4. The van der Waals surface area contributed by atoms with E-state index in [1.54, 1.807) is 0 Å². The Bertz CT molecular complexity index is 465. The van der Waals surface area contributed by atoms with Crippen LogP contribution in [0, 0.1) is 11.8 Å². The fourth-order valence-electron chi connectivity index (χ4n) is 4.15. The summed E-state index contributed by atoms with van der Waals surface area (Å²) in [4.78, 5) is 11.3. The predicted molar refractivity (Wildman–Crippen MR) is 102 cm³/mol. The van der Waals surface area contributed by atoms with Crippen LogP contribution in [0.25, 0.3) is 0 Å². The highest BCUT2D eigenvalue weighted by Gasteiger charge is 2.23. The first-order valence-electron chi connectivity index (χ1n) is 9.69. The summed E-state index contributed by atoms with van der Waals surface area (Å²) in [5, 5.41) is 3.50. The third-order valence-electron chi connectivity index (χ3n) is 5.62. The largest absolute Gasteiger partial charge is 0.310 e. The van der Waals surface area contributed by atoms with Crippen molar-refractivity contribution < 1.29 is 0 Å². The normalized spacial score (nSPS) is 25.7. The van der Waals surface area contributed by atoms with Crippen LogP contribution >= 0.6 is 15.9 Å². The zero-order valence-electron chi connectivity index (χ0n) is 14.7. The fourth-order valence-corrected chi connectivity index (χ4v) is 4.35. The molecule has 0 unspecified atom stereocenters. The summed E-state index contributed by atoms with van der Waals surface area (Å²) in [6.07, 6.45) is 14.9. The van der Waals surface area contributed by atoms with E-state index in [-0.39, 0.29) is 0 Å². The van der Waals surface area contributed by atoms with Crippen molar-refractivity contribution >= 4 is 15.9 Å². The van der Waals surface area contributed by atoms with E-state index in [0.717, 1.165) is 35.2 Å². The lowest BCUT2D eigenvalue weighted by atomic mass is 9.80. The van der Waals surface area contributed by atoms with Gasteiger partial charge in [0, 0.05) is 18.9 Å². The van der Waals surface area contributed by atoms with Crippen LogP contribution in [0.2, 0.25) is 0 Å². The van der Waals surface area contributed by atoms with E-state index in [0.29, 0.717) is 0 Å². The van der Waals surface area contributed by atoms with Gasteiger partial charge in [-0.2, -0.15) is 0 Å².